The Morgan fingerprint density at radius 2 is 2.00 bits per heavy atom. The first-order chi connectivity index (χ1) is 7.19. The summed E-state index contributed by atoms with van der Waals surface area (Å²) >= 11 is 0. The summed E-state index contributed by atoms with van der Waals surface area (Å²) in [5.41, 5.74) is 0. The van der Waals surface area contributed by atoms with Gasteiger partial charge in [-0.15, -0.1) is 0 Å². The van der Waals surface area contributed by atoms with Gasteiger partial charge in [0.1, 0.15) is 6.61 Å². The second-order valence-corrected chi connectivity index (χ2v) is 4.00. The van der Waals surface area contributed by atoms with Crippen molar-refractivity contribution in [1.82, 2.24) is 0 Å². The largest absolute Gasteiger partial charge is 0.469 e. The molecule has 1 atom stereocenters. The fraction of sp³-hybridized carbons (Fsp3) is 0.900. The lowest BCUT2D eigenvalue weighted by atomic mass is 9.79. The third kappa shape index (κ3) is 3.44. The fourth-order valence-corrected chi connectivity index (χ4v) is 2.12. The molecule has 2 N–H and O–H groups in total. The minimum Gasteiger partial charge on any atom is -0.469 e. The van der Waals surface area contributed by atoms with Crippen molar-refractivity contribution >= 4 is 5.97 Å². The zero-order valence-electron chi connectivity index (χ0n) is 8.89. The minimum absolute atomic E-state index is 0.0338. The normalized spacial score (nSPS) is 28.5. The second kappa shape index (κ2) is 6.05. The first kappa shape index (κ1) is 12.4. The predicted octanol–water partition coefficient (Wildman–Crippen LogP) is 0.816. The monoisotopic (exact) mass is 218 g/mol. The Bertz CT molecular complexity index is 198. The van der Waals surface area contributed by atoms with Crippen molar-refractivity contribution < 1.29 is 24.8 Å². The van der Waals surface area contributed by atoms with Crippen LogP contribution in [0.15, 0.2) is 0 Å². The molecule has 0 saturated heterocycles. The van der Waals surface area contributed by atoms with E-state index in [0.717, 1.165) is 25.7 Å². The molecule has 0 radical (unpaired) electrons. The van der Waals surface area contributed by atoms with Gasteiger partial charge in [-0.2, -0.15) is 0 Å². The molecule has 1 rings (SSSR count). The molecule has 1 saturated carbocycles. The van der Waals surface area contributed by atoms with Gasteiger partial charge in [0.15, 0.2) is 0 Å². The third-order valence-electron chi connectivity index (χ3n) is 3.10. The van der Waals surface area contributed by atoms with E-state index in [1.165, 1.54) is 7.11 Å². The van der Waals surface area contributed by atoms with Gasteiger partial charge in [-0.1, -0.05) is 0 Å². The maximum absolute atomic E-state index is 11.2. The number of esters is 1. The van der Waals surface area contributed by atoms with Crippen LogP contribution in [0.4, 0.5) is 0 Å². The van der Waals surface area contributed by atoms with Gasteiger partial charge < -0.3 is 9.84 Å². The topological polar surface area (TPSA) is 76.0 Å². The summed E-state index contributed by atoms with van der Waals surface area (Å²) in [5, 5.41) is 17.8. The number of carbonyl (C=O) groups is 1. The van der Waals surface area contributed by atoms with Crippen LogP contribution in [0.5, 0.6) is 0 Å². The molecular weight excluding hydrogens is 200 g/mol. The number of aliphatic hydroxyl groups excluding tert-OH is 1. The van der Waals surface area contributed by atoms with Crippen molar-refractivity contribution in [3.05, 3.63) is 0 Å². The van der Waals surface area contributed by atoms with Crippen molar-refractivity contribution in [3.8, 4) is 0 Å². The molecule has 0 heterocycles. The highest BCUT2D eigenvalue weighted by Crippen LogP contribution is 2.31. The van der Waals surface area contributed by atoms with E-state index in [1.807, 2.05) is 0 Å². The lowest BCUT2D eigenvalue weighted by Crippen LogP contribution is -2.31. The highest BCUT2D eigenvalue weighted by molar-refractivity contribution is 5.72. The van der Waals surface area contributed by atoms with E-state index in [0.29, 0.717) is 0 Å². The van der Waals surface area contributed by atoms with Crippen LogP contribution in [0.1, 0.15) is 25.7 Å². The number of hydrogen-bond acceptors (Lipinski definition) is 5. The zero-order valence-corrected chi connectivity index (χ0v) is 8.89. The standard InChI is InChI=1S/C10H18O5/c1-14-10(12)8-4-2-7(3-5-8)9(11)6-15-13/h7-9,11,13H,2-6H2,1H3. The van der Waals surface area contributed by atoms with Gasteiger partial charge in [-0.05, 0) is 31.6 Å². The van der Waals surface area contributed by atoms with Crippen molar-refractivity contribution in [2.24, 2.45) is 11.8 Å². The minimum atomic E-state index is -0.645. The first-order valence-electron chi connectivity index (χ1n) is 5.21. The number of rotatable bonds is 4. The average Bonchev–Trinajstić information content (AvgIpc) is 2.28. The van der Waals surface area contributed by atoms with E-state index < -0.39 is 6.10 Å². The molecule has 1 aliphatic rings. The van der Waals surface area contributed by atoms with Crippen LogP contribution >= 0.6 is 0 Å². The Labute approximate surface area is 88.9 Å². The van der Waals surface area contributed by atoms with Crippen molar-refractivity contribution in [3.63, 3.8) is 0 Å². The van der Waals surface area contributed by atoms with Crippen LogP contribution in [0.3, 0.4) is 0 Å². The van der Waals surface area contributed by atoms with E-state index in [1.54, 1.807) is 0 Å². The molecule has 0 amide bonds. The van der Waals surface area contributed by atoms with E-state index in [2.05, 4.69) is 9.62 Å². The van der Waals surface area contributed by atoms with Crippen molar-refractivity contribution in [2.45, 2.75) is 31.8 Å². The first-order valence-corrected chi connectivity index (χ1v) is 5.21. The van der Waals surface area contributed by atoms with Crippen LogP contribution < -0.4 is 0 Å². The number of ether oxygens (including phenoxy) is 1. The van der Waals surface area contributed by atoms with Gasteiger partial charge in [-0.25, -0.2) is 4.89 Å². The van der Waals surface area contributed by atoms with Gasteiger partial charge in [0.2, 0.25) is 0 Å². The number of hydrogen-bond donors (Lipinski definition) is 2. The molecular formula is C10H18O5. The molecule has 1 aliphatic carbocycles. The molecule has 0 bridgehead atoms. The molecule has 5 nitrogen and oxygen atoms in total. The van der Waals surface area contributed by atoms with Crippen molar-refractivity contribution in [2.75, 3.05) is 13.7 Å². The maximum atomic E-state index is 11.2. The van der Waals surface area contributed by atoms with E-state index in [9.17, 15) is 9.90 Å². The van der Waals surface area contributed by atoms with Gasteiger partial charge in [-0.3, -0.25) is 10.1 Å². The molecule has 0 aromatic carbocycles. The Morgan fingerprint density at radius 3 is 2.47 bits per heavy atom. The van der Waals surface area contributed by atoms with Crippen LogP contribution in [-0.2, 0) is 14.4 Å². The van der Waals surface area contributed by atoms with Gasteiger partial charge in [0.25, 0.3) is 0 Å². The third-order valence-corrected chi connectivity index (χ3v) is 3.10. The summed E-state index contributed by atoms with van der Waals surface area (Å²) in [6.45, 7) is -0.0619. The van der Waals surface area contributed by atoms with Crippen LogP contribution in [0.25, 0.3) is 0 Å². The molecule has 0 aromatic heterocycles. The summed E-state index contributed by atoms with van der Waals surface area (Å²) in [5.74, 6) is -0.0899. The van der Waals surface area contributed by atoms with Crippen LogP contribution in [0.2, 0.25) is 0 Å². The number of aliphatic hydroxyl groups is 1. The molecule has 0 spiro atoms. The van der Waals surface area contributed by atoms with Gasteiger partial charge in [0, 0.05) is 0 Å². The number of carbonyl (C=O) groups excluding carboxylic acids is 1. The molecule has 0 aromatic rings. The Balaban J connectivity index is 2.32. The fourth-order valence-electron chi connectivity index (χ4n) is 2.12. The summed E-state index contributed by atoms with van der Waals surface area (Å²) in [7, 11) is 1.39. The van der Waals surface area contributed by atoms with E-state index in [-0.39, 0.29) is 24.4 Å². The maximum Gasteiger partial charge on any atom is 0.308 e. The quantitative estimate of drug-likeness (QED) is 0.415. The van der Waals surface area contributed by atoms with Crippen LogP contribution in [-0.4, -0.2) is 36.2 Å². The Morgan fingerprint density at radius 1 is 1.40 bits per heavy atom. The van der Waals surface area contributed by atoms with E-state index >= 15 is 0 Å². The molecule has 0 aliphatic heterocycles. The van der Waals surface area contributed by atoms with Gasteiger partial charge >= 0.3 is 5.97 Å². The predicted molar refractivity (Wildman–Crippen MR) is 52.1 cm³/mol. The summed E-state index contributed by atoms with van der Waals surface area (Å²) in [6, 6.07) is 0. The molecule has 1 unspecified atom stereocenters. The van der Waals surface area contributed by atoms with Gasteiger partial charge in [0.05, 0.1) is 19.1 Å². The second-order valence-electron chi connectivity index (χ2n) is 4.00. The Hall–Kier alpha value is -0.650. The molecule has 88 valence electrons. The zero-order chi connectivity index (χ0) is 11.3. The van der Waals surface area contributed by atoms with E-state index in [4.69, 9.17) is 5.26 Å². The summed E-state index contributed by atoms with van der Waals surface area (Å²) < 4.78 is 4.67. The number of methoxy groups -OCH3 is 1. The van der Waals surface area contributed by atoms with Crippen LogP contribution in [0, 0.1) is 11.8 Å². The highest BCUT2D eigenvalue weighted by atomic mass is 17.1. The van der Waals surface area contributed by atoms with Crippen molar-refractivity contribution in [1.29, 1.82) is 0 Å². The molecule has 1 fully saturated rings. The summed E-state index contributed by atoms with van der Waals surface area (Å²) in [4.78, 5) is 15.1. The highest BCUT2D eigenvalue weighted by Gasteiger charge is 2.30. The Kier molecular flexibility index (Phi) is 5.01. The smallest absolute Gasteiger partial charge is 0.308 e. The summed E-state index contributed by atoms with van der Waals surface area (Å²) in [6.07, 6.45) is 2.36. The lowest BCUT2D eigenvalue weighted by Gasteiger charge is -2.29. The SMILES string of the molecule is COC(=O)C1CCC(C(O)COO)CC1. The molecule has 5 heteroatoms. The lowest BCUT2D eigenvalue weighted by molar-refractivity contribution is -0.261. The average molecular weight is 218 g/mol. The molecule has 15 heavy (non-hydrogen) atoms.